The molecule has 1 aromatic rings. The zero-order chi connectivity index (χ0) is 13.1. The van der Waals surface area contributed by atoms with Crippen molar-refractivity contribution in [2.45, 2.75) is 18.9 Å². The maximum atomic E-state index is 12.7. The quantitative estimate of drug-likeness (QED) is 0.771. The fourth-order valence-corrected chi connectivity index (χ4v) is 2.03. The summed E-state index contributed by atoms with van der Waals surface area (Å²) in [5.74, 6) is 0.125. The van der Waals surface area contributed by atoms with Crippen molar-refractivity contribution in [1.29, 1.82) is 0 Å². The Morgan fingerprint density at radius 2 is 2.00 bits per heavy atom. The molecule has 0 saturated carbocycles. The van der Waals surface area contributed by atoms with Crippen molar-refractivity contribution in [2.75, 3.05) is 5.88 Å². The summed E-state index contributed by atoms with van der Waals surface area (Å²) < 4.78 is 18.0. The van der Waals surface area contributed by atoms with Gasteiger partial charge in [-0.15, -0.1) is 11.6 Å². The van der Waals surface area contributed by atoms with Crippen LogP contribution in [-0.2, 0) is 4.79 Å². The smallest absolute Gasteiger partial charge is 0.211 e. The Morgan fingerprint density at radius 3 is 2.47 bits per heavy atom. The summed E-state index contributed by atoms with van der Waals surface area (Å²) in [4.78, 5) is 11.9. The lowest BCUT2D eigenvalue weighted by atomic mass is 9.91. The summed E-state index contributed by atoms with van der Waals surface area (Å²) in [6, 6.07) is 5.47. The summed E-state index contributed by atoms with van der Waals surface area (Å²) in [7, 11) is 0. The minimum atomic E-state index is -0.790. The van der Waals surface area contributed by atoms with Crippen LogP contribution in [0.15, 0.2) is 24.3 Å². The van der Waals surface area contributed by atoms with Crippen LogP contribution in [0.2, 0.25) is 0 Å². The molecule has 0 bridgehead atoms. The first kappa shape index (κ1) is 14.5. The molecule has 0 aromatic heterocycles. The Labute approximate surface area is 113 Å². The molecular formula is C12H13BrClFO2. The molecule has 0 fully saturated rings. The van der Waals surface area contributed by atoms with Crippen LogP contribution in [-0.4, -0.2) is 16.7 Å². The number of carbonyl (C=O) groups is 1. The van der Waals surface area contributed by atoms with E-state index in [1.54, 1.807) is 13.8 Å². The van der Waals surface area contributed by atoms with E-state index in [0.717, 1.165) is 0 Å². The molecule has 94 valence electrons. The first-order valence-corrected chi connectivity index (χ1v) is 6.48. The van der Waals surface area contributed by atoms with Crippen molar-refractivity contribution in [3.05, 3.63) is 30.1 Å². The molecule has 0 aliphatic heterocycles. The molecule has 0 spiro atoms. The van der Waals surface area contributed by atoms with Crippen molar-refractivity contribution in [3.8, 4) is 5.75 Å². The molecule has 0 heterocycles. The Bertz CT molecular complexity index is 392. The van der Waals surface area contributed by atoms with Gasteiger partial charge in [-0.3, -0.25) is 4.79 Å². The van der Waals surface area contributed by atoms with Crippen molar-refractivity contribution in [3.63, 3.8) is 0 Å². The standard InChI is InChI=1S/C12H13BrClFO2/c1-12(2,7-14)10(16)11(13)17-9-5-3-8(15)4-6-9/h3-6,11H,7H2,1-2H3. The minimum Gasteiger partial charge on any atom is -0.471 e. The second-order valence-corrected chi connectivity index (χ2v) is 5.37. The molecule has 2 nitrogen and oxygen atoms in total. The first-order valence-electron chi connectivity index (χ1n) is 5.03. The van der Waals surface area contributed by atoms with Crippen LogP contribution in [0.5, 0.6) is 5.75 Å². The van der Waals surface area contributed by atoms with Gasteiger partial charge in [0.15, 0.2) is 5.78 Å². The van der Waals surface area contributed by atoms with E-state index in [0.29, 0.717) is 5.75 Å². The average Bonchev–Trinajstić information content (AvgIpc) is 2.31. The van der Waals surface area contributed by atoms with Gasteiger partial charge in [-0.1, -0.05) is 13.8 Å². The summed E-state index contributed by atoms with van der Waals surface area (Å²) in [6.07, 6.45) is 0. The topological polar surface area (TPSA) is 26.3 Å². The molecule has 0 amide bonds. The van der Waals surface area contributed by atoms with Gasteiger partial charge in [0, 0.05) is 11.3 Å². The van der Waals surface area contributed by atoms with Gasteiger partial charge in [-0.05, 0) is 40.2 Å². The molecular weight excluding hydrogens is 310 g/mol. The predicted octanol–water partition coefficient (Wildman–Crippen LogP) is 3.76. The van der Waals surface area contributed by atoms with Gasteiger partial charge in [0.2, 0.25) is 5.01 Å². The number of benzene rings is 1. The number of halogens is 3. The van der Waals surface area contributed by atoms with Crippen LogP contribution in [0.25, 0.3) is 0 Å². The van der Waals surface area contributed by atoms with E-state index in [1.165, 1.54) is 24.3 Å². The lowest BCUT2D eigenvalue weighted by Crippen LogP contribution is -2.35. The lowest BCUT2D eigenvalue weighted by Gasteiger charge is -2.23. The Hall–Kier alpha value is -0.610. The molecule has 0 aliphatic carbocycles. The van der Waals surface area contributed by atoms with Crippen LogP contribution in [0, 0.1) is 11.2 Å². The molecule has 17 heavy (non-hydrogen) atoms. The number of rotatable bonds is 5. The maximum Gasteiger partial charge on any atom is 0.211 e. The van der Waals surface area contributed by atoms with Crippen molar-refractivity contribution in [1.82, 2.24) is 0 Å². The van der Waals surface area contributed by atoms with Gasteiger partial charge in [0.1, 0.15) is 11.6 Å². The lowest BCUT2D eigenvalue weighted by molar-refractivity contribution is -0.129. The highest BCUT2D eigenvalue weighted by molar-refractivity contribution is 9.09. The zero-order valence-electron chi connectivity index (χ0n) is 9.54. The SMILES string of the molecule is CC(C)(CCl)C(=O)C(Br)Oc1ccc(F)cc1. The normalized spacial score (nSPS) is 13.2. The van der Waals surface area contributed by atoms with Gasteiger partial charge in [-0.2, -0.15) is 0 Å². The van der Waals surface area contributed by atoms with Gasteiger partial charge < -0.3 is 4.74 Å². The molecule has 0 N–H and O–H groups in total. The summed E-state index contributed by atoms with van der Waals surface area (Å²) in [6.45, 7) is 3.48. The van der Waals surface area contributed by atoms with Crippen LogP contribution < -0.4 is 4.74 Å². The molecule has 0 aliphatic rings. The number of ether oxygens (including phenoxy) is 1. The van der Waals surface area contributed by atoms with Crippen molar-refractivity contribution >= 4 is 33.3 Å². The number of ketones is 1. The Morgan fingerprint density at radius 1 is 1.47 bits per heavy atom. The fourth-order valence-electron chi connectivity index (χ4n) is 1.06. The third-order valence-corrected chi connectivity index (χ3v) is 3.53. The van der Waals surface area contributed by atoms with E-state index < -0.39 is 10.4 Å². The van der Waals surface area contributed by atoms with Gasteiger partial charge in [-0.25, -0.2) is 4.39 Å². The summed E-state index contributed by atoms with van der Waals surface area (Å²) in [5.41, 5.74) is -0.671. The second-order valence-electron chi connectivity index (χ2n) is 4.27. The van der Waals surface area contributed by atoms with E-state index in [1.807, 2.05) is 0 Å². The fraction of sp³-hybridized carbons (Fsp3) is 0.417. The number of alkyl halides is 2. The van der Waals surface area contributed by atoms with Crippen LogP contribution in [0.4, 0.5) is 4.39 Å². The van der Waals surface area contributed by atoms with Crippen LogP contribution in [0.1, 0.15) is 13.8 Å². The number of carbonyl (C=O) groups excluding carboxylic acids is 1. The van der Waals surface area contributed by atoms with Crippen molar-refractivity contribution in [2.24, 2.45) is 5.41 Å². The van der Waals surface area contributed by atoms with E-state index in [4.69, 9.17) is 16.3 Å². The van der Waals surface area contributed by atoms with E-state index in [2.05, 4.69) is 15.9 Å². The predicted molar refractivity (Wildman–Crippen MR) is 69.3 cm³/mol. The summed E-state index contributed by atoms with van der Waals surface area (Å²) in [5, 5.41) is -0.790. The van der Waals surface area contributed by atoms with Crippen molar-refractivity contribution < 1.29 is 13.9 Å². The average molecular weight is 324 g/mol. The van der Waals surface area contributed by atoms with E-state index >= 15 is 0 Å². The second kappa shape index (κ2) is 5.83. The van der Waals surface area contributed by atoms with E-state index in [-0.39, 0.29) is 17.5 Å². The molecule has 1 rings (SSSR count). The molecule has 0 radical (unpaired) electrons. The third-order valence-electron chi connectivity index (χ3n) is 2.26. The molecule has 1 aromatic carbocycles. The highest BCUT2D eigenvalue weighted by Crippen LogP contribution is 2.25. The highest BCUT2D eigenvalue weighted by Gasteiger charge is 2.33. The summed E-state index contributed by atoms with van der Waals surface area (Å²) >= 11 is 8.86. The van der Waals surface area contributed by atoms with Gasteiger partial charge in [0.25, 0.3) is 0 Å². The molecule has 5 heteroatoms. The molecule has 1 atom stereocenters. The first-order chi connectivity index (χ1) is 7.86. The van der Waals surface area contributed by atoms with Crippen LogP contribution >= 0.6 is 27.5 Å². The largest absolute Gasteiger partial charge is 0.471 e. The third kappa shape index (κ3) is 3.96. The Kier molecular flexibility index (Phi) is 4.95. The Balaban J connectivity index is 2.69. The zero-order valence-corrected chi connectivity index (χ0v) is 11.9. The number of Topliss-reactive ketones (excluding diaryl/α,β-unsaturated/α-hetero) is 1. The number of hydrogen-bond donors (Lipinski definition) is 0. The van der Waals surface area contributed by atoms with Gasteiger partial charge >= 0.3 is 0 Å². The molecule has 1 unspecified atom stereocenters. The van der Waals surface area contributed by atoms with Gasteiger partial charge in [0.05, 0.1) is 0 Å². The highest BCUT2D eigenvalue weighted by atomic mass is 79.9. The number of hydrogen-bond acceptors (Lipinski definition) is 2. The van der Waals surface area contributed by atoms with E-state index in [9.17, 15) is 9.18 Å². The monoisotopic (exact) mass is 322 g/mol. The minimum absolute atomic E-state index is 0.156. The maximum absolute atomic E-state index is 12.7. The van der Waals surface area contributed by atoms with Crippen LogP contribution in [0.3, 0.4) is 0 Å². The molecule has 0 saturated heterocycles.